The predicted octanol–water partition coefficient (Wildman–Crippen LogP) is 2.10. The van der Waals surface area contributed by atoms with E-state index in [-0.39, 0.29) is 17.4 Å². The lowest BCUT2D eigenvalue weighted by Crippen LogP contribution is -2.44. The van der Waals surface area contributed by atoms with Crippen molar-refractivity contribution < 1.29 is 4.79 Å². The number of nitrogens with one attached hydrogen (secondary N) is 1. The fourth-order valence-electron chi connectivity index (χ4n) is 3.18. The Balaban J connectivity index is 1.47. The summed E-state index contributed by atoms with van der Waals surface area (Å²) in [5.74, 6) is 2.24. The quantitative estimate of drug-likeness (QED) is 0.941. The second-order valence-electron chi connectivity index (χ2n) is 7.08. The molecular weight excluding hydrogens is 288 g/mol. The zero-order valence-corrected chi connectivity index (χ0v) is 13.5. The Kier molecular flexibility index (Phi) is 3.43. The topological polar surface area (TPSA) is 59.8 Å². The van der Waals surface area contributed by atoms with Gasteiger partial charge in [0.05, 0.1) is 0 Å². The standard InChI is InChI=1S/C18H22N4O/c1-18(9-10-18)17(23)19-14-7-8-15-20-21-16(22(15)12-14)11-13-5-3-2-4-6-13/h2-6,14H,7-12H2,1H3,(H,19,23). The van der Waals surface area contributed by atoms with E-state index in [1.807, 2.05) is 18.2 Å². The Morgan fingerprint density at radius 2 is 2.09 bits per heavy atom. The second-order valence-corrected chi connectivity index (χ2v) is 7.08. The number of benzene rings is 1. The first-order valence-corrected chi connectivity index (χ1v) is 8.40. The summed E-state index contributed by atoms with van der Waals surface area (Å²) >= 11 is 0. The van der Waals surface area contributed by atoms with Crippen molar-refractivity contribution in [2.75, 3.05) is 0 Å². The van der Waals surface area contributed by atoms with Gasteiger partial charge in [-0.3, -0.25) is 4.79 Å². The fourth-order valence-corrected chi connectivity index (χ4v) is 3.18. The number of amides is 1. The number of fused-ring (bicyclic) bond motifs is 1. The lowest BCUT2D eigenvalue weighted by molar-refractivity contribution is -0.126. The summed E-state index contributed by atoms with van der Waals surface area (Å²) < 4.78 is 2.19. The van der Waals surface area contributed by atoms with Gasteiger partial charge < -0.3 is 9.88 Å². The van der Waals surface area contributed by atoms with Crippen molar-refractivity contribution in [2.45, 2.75) is 51.6 Å². The molecule has 1 unspecified atom stereocenters. The molecule has 2 heterocycles. The molecule has 1 aliphatic carbocycles. The Labute approximate surface area is 136 Å². The van der Waals surface area contributed by atoms with Crippen molar-refractivity contribution in [1.82, 2.24) is 20.1 Å². The summed E-state index contributed by atoms with van der Waals surface area (Å²) in [7, 11) is 0. The summed E-state index contributed by atoms with van der Waals surface area (Å²) in [6, 6.07) is 10.5. The van der Waals surface area contributed by atoms with Crippen LogP contribution >= 0.6 is 0 Å². The van der Waals surface area contributed by atoms with Crippen molar-refractivity contribution in [3.05, 3.63) is 47.5 Å². The summed E-state index contributed by atoms with van der Waals surface area (Å²) in [6.45, 7) is 2.84. The van der Waals surface area contributed by atoms with Gasteiger partial charge in [-0.25, -0.2) is 0 Å². The molecule has 1 aromatic heterocycles. The van der Waals surface area contributed by atoms with Crippen LogP contribution in [0.15, 0.2) is 30.3 Å². The van der Waals surface area contributed by atoms with Gasteiger partial charge in [0.25, 0.3) is 0 Å². The van der Waals surface area contributed by atoms with E-state index in [2.05, 4.69) is 39.1 Å². The maximum absolute atomic E-state index is 12.3. The summed E-state index contributed by atoms with van der Waals surface area (Å²) in [6.07, 6.45) is 4.65. The molecule has 1 aliphatic heterocycles. The number of carbonyl (C=O) groups excluding carboxylic acids is 1. The van der Waals surface area contributed by atoms with Gasteiger partial charge in [-0.05, 0) is 24.8 Å². The van der Waals surface area contributed by atoms with Crippen LogP contribution in [0.25, 0.3) is 0 Å². The minimum Gasteiger partial charge on any atom is -0.351 e. The molecule has 5 nitrogen and oxygen atoms in total. The first kappa shape index (κ1) is 14.4. The normalized spacial score (nSPS) is 21.5. The molecule has 1 saturated carbocycles. The molecule has 5 heteroatoms. The monoisotopic (exact) mass is 310 g/mol. The summed E-state index contributed by atoms with van der Waals surface area (Å²) in [5.41, 5.74) is 1.12. The molecule has 2 aliphatic rings. The first-order chi connectivity index (χ1) is 11.1. The van der Waals surface area contributed by atoms with E-state index in [4.69, 9.17) is 0 Å². The highest BCUT2D eigenvalue weighted by molar-refractivity contribution is 5.85. The highest BCUT2D eigenvalue weighted by Gasteiger charge is 2.45. The minimum absolute atomic E-state index is 0.111. The van der Waals surface area contributed by atoms with Crippen LogP contribution in [0.3, 0.4) is 0 Å². The van der Waals surface area contributed by atoms with Gasteiger partial charge in [-0.2, -0.15) is 0 Å². The molecule has 4 rings (SSSR count). The number of hydrogen-bond acceptors (Lipinski definition) is 3. The molecule has 2 aromatic rings. The van der Waals surface area contributed by atoms with Gasteiger partial charge in [-0.15, -0.1) is 10.2 Å². The molecule has 1 aromatic carbocycles. The number of carbonyl (C=O) groups is 1. The molecule has 0 saturated heterocycles. The Hall–Kier alpha value is -2.17. The molecule has 1 atom stereocenters. The maximum Gasteiger partial charge on any atom is 0.226 e. The molecule has 0 spiro atoms. The van der Waals surface area contributed by atoms with Gasteiger partial charge in [-0.1, -0.05) is 37.3 Å². The molecule has 1 amide bonds. The summed E-state index contributed by atoms with van der Waals surface area (Å²) in [5, 5.41) is 11.9. The van der Waals surface area contributed by atoms with Crippen molar-refractivity contribution in [3.8, 4) is 0 Å². The zero-order chi connectivity index (χ0) is 15.9. The third-order valence-electron chi connectivity index (χ3n) is 5.11. The van der Waals surface area contributed by atoms with Crippen LogP contribution in [0.2, 0.25) is 0 Å². The van der Waals surface area contributed by atoms with Gasteiger partial charge in [0.2, 0.25) is 5.91 Å². The molecular formula is C18H22N4O. The number of aryl methyl sites for hydroxylation is 1. The minimum atomic E-state index is -0.111. The molecule has 120 valence electrons. The van der Waals surface area contributed by atoms with E-state index in [0.717, 1.165) is 50.3 Å². The second kappa shape index (κ2) is 5.48. The predicted molar refractivity (Wildman–Crippen MR) is 86.9 cm³/mol. The molecule has 1 N–H and O–H groups in total. The van der Waals surface area contributed by atoms with E-state index < -0.39 is 0 Å². The number of rotatable bonds is 4. The molecule has 0 bridgehead atoms. The third kappa shape index (κ3) is 2.87. The van der Waals surface area contributed by atoms with Gasteiger partial charge in [0.1, 0.15) is 11.6 Å². The van der Waals surface area contributed by atoms with E-state index in [1.165, 1.54) is 5.56 Å². The van der Waals surface area contributed by atoms with Gasteiger partial charge >= 0.3 is 0 Å². The van der Waals surface area contributed by atoms with E-state index in [0.29, 0.717) is 0 Å². The molecule has 0 radical (unpaired) electrons. The lowest BCUT2D eigenvalue weighted by atomic mass is 10.0. The van der Waals surface area contributed by atoms with Crippen molar-refractivity contribution in [3.63, 3.8) is 0 Å². The van der Waals surface area contributed by atoms with Crippen LogP contribution in [0.1, 0.15) is 43.4 Å². The number of hydrogen-bond donors (Lipinski definition) is 1. The van der Waals surface area contributed by atoms with Crippen molar-refractivity contribution in [2.24, 2.45) is 5.41 Å². The van der Waals surface area contributed by atoms with E-state index in [1.54, 1.807) is 0 Å². The Morgan fingerprint density at radius 1 is 1.30 bits per heavy atom. The zero-order valence-electron chi connectivity index (χ0n) is 13.5. The number of nitrogens with zero attached hydrogens (tertiary/aromatic N) is 3. The van der Waals surface area contributed by atoms with E-state index in [9.17, 15) is 4.79 Å². The summed E-state index contributed by atoms with van der Waals surface area (Å²) in [4.78, 5) is 12.3. The van der Waals surface area contributed by atoms with Gasteiger partial charge in [0.15, 0.2) is 0 Å². The molecule has 23 heavy (non-hydrogen) atoms. The third-order valence-corrected chi connectivity index (χ3v) is 5.11. The van der Waals surface area contributed by atoms with Gasteiger partial charge in [0, 0.05) is 30.8 Å². The highest BCUT2D eigenvalue weighted by Crippen LogP contribution is 2.45. The smallest absolute Gasteiger partial charge is 0.226 e. The number of aromatic nitrogens is 3. The maximum atomic E-state index is 12.3. The highest BCUT2D eigenvalue weighted by atomic mass is 16.2. The Morgan fingerprint density at radius 3 is 2.83 bits per heavy atom. The van der Waals surface area contributed by atoms with Crippen molar-refractivity contribution in [1.29, 1.82) is 0 Å². The largest absolute Gasteiger partial charge is 0.351 e. The SMILES string of the molecule is CC1(C(=O)NC2CCc3nnc(Cc4ccccc4)n3C2)CC1. The van der Waals surface area contributed by atoms with E-state index >= 15 is 0 Å². The molecule has 1 fully saturated rings. The van der Waals surface area contributed by atoms with Crippen LogP contribution in [-0.4, -0.2) is 26.7 Å². The van der Waals surface area contributed by atoms with Crippen molar-refractivity contribution >= 4 is 5.91 Å². The Bertz CT molecular complexity index is 718. The average molecular weight is 310 g/mol. The lowest BCUT2D eigenvalue weighted by Gasteiger charge is -2.26. The van der Waals surface area contributed by atoms with Crippen LogP contribution < -0.4 is 5.32 Å². The van der Waals surface area contributed by atoms with Crippen LogP contribution in [0.4, 0.5) is 0 Å². The van der Waals surface area contributed by atoms with Crippen LogP contribution in [0.5, 0.6) is 0 Å². The fraction of sp³-hybridized carbons (Fsp3) is 0.500. The van der Waals surface area contributed by atoms with Crippen LogP contribution in [0, 0.1) is 5.41 Å². The average Bonchev–Trinajstić information content (AvgIpc) is 3.21. The van der Waals surface area contributed by atoms with Crippen LogP contribution in [-0.2, 0) is 24.2 Å². The first-order valence-electron chi connectivity index (χ1n) is 8.40.